The number of likely N-dealkylation sites (tertiary alicyclic amines) is 1. The summed E-state index contributed by atoms with van der Waals surface area (Å²) < 4.78 is 10.8. The van der Waals surface area contributed by atoms with E-state index in [9.17, 15) is 4.79 Å². The van der Waals surface area contributed by atoms with E-state index in [0.717, 1.165) is 31.5 Å². The summed E-state index contributed by atoms with van der Waals surface area (Å²) >= 11 is 0. The van der Waals surface area contributed by atoms with Crippen molar-refractivity contribution in [2.24, 2.45) is 5.92 Å². The van der Waals surface area contributed by atoms with Gasteiger partial charge in [-0.3, -0.25) is 4.79 Å². The monoisotopic (exact) mass is 303 g/mol. The van der Waals surface area contributed by atoms with Crippen LogP contribution < -0.4 is 9.47 Å². The number of hydrogen-bond donors (Lipinski definition) is 0. The summed E-state index contributed by atoms with van der Waals surface area (Å²) in [5, 5.41) is 0. The Balaban J connectivity index is 2.34. The summed E-state index contributed by atoms with van der Waals surface area (Å²) in [6.45, 7) is 5.83. The summed E-state index contributed by atoms with van der Waals surface area (Å²) in [7, 11) is 3.20. The number of nitrogens with zero attached hydrogens (tertiary/aromatic N) is 1. The largest absolute Gasteiger partial charge is 0.493 e. The van der Waals surface area contributed by atoms with Crippen LogP contribution in [0.4, 0.5) is 0 Å². The fourth-order valence-electron chi connectivity index (χ4n) is 2.81. The first-order valence-corrected chi connectivity index (χ1v) is 7.78. The summed E-state index contributed by atoms with van der Waals surface area (Å²) in [6, 6.07) is 3.65. The van der Waals surface area contributed by atoms with Gasteiger partial charge in [-0.2, -0.15) is 0 Å². The van der Waals surface area contributed by atoms with Crippen molar-refractivity contribution in [2.75, 3.05) is 27.3 Å². The number of allylic oxidation sites excluding steroid dienone is 1. The van der Waals surface area contributed by atoms with Gasteiger partial charge in [0.15, 0.2) is 11.5 Å². The van der Waals surface area contributed by atoms with Gasteiger partial charge in [-0.15, -0.1) is 0 Å². The molecule has 1 aromatic rings. The van der Waals surface area contributed by atoms with E-state index in [0.29, 0.717) is 23.0 Å². The first kappa shape index (κ1) is 16.4. The molecule has 1 aliphatic heterocycles. The van der Waals surface area contributed by atoms with E-state index in [-0.39, 0.29) is 5.91 Å². The summed E-state index contributed by atoms with van der Waals surface area (Å²) in [6.07, 6.45) is 5.99. The van der Waals surface area contributed by atoms with Gasteiger partial charge in [-0.1, -0.05) is 19.1 Å². The highest BCUT2D eigenvalue weighted by Gasteiger charge is 2.23. The van der Waals surface area contributed by atoms with Crippen molar-refractivity contribution in [2.45, 2.75) is 26.7 Å². The third kappa shape index (κ3) is 3.43. The van der Waals surface area contributed by atoms with Crippen molar-refractivity contribution < 1.29 is 14.3 Å². The topological polar surface area (TPSA) is 38.8 Å². The minimum Gasteiger partial charge on any atom is -0.493 e. The number of ether oxygens (including phenoxy) is 2. The van der Waals surface area contributed by atoms with E-state index >= 15 is 0 Å². The Labute approximate surface area is 132 Å². The molecular formula is C18H25NO3. The molecule has 0 saturated carbocycles. The Morgan fingerprint density at radius 1 is 1.23 bits per heavy atom. The minimum absolute atomic E-state index is 0.0682. The third-order valence-electron chi connectivity index (χ3n) is 4.17. The molecule has 1 amide bonds. The molecule has 4 nitrogen and oxygen atoms in total. The van der Waals surface area contributed by atoms with E-state index in [4.69, 9.17) is 9.47 Å². The molecule has 1 aromatic carbocycles. The van der Waals surface area contributed by atoms with Crippen LogP contribution in [0, 0.1) is 5.92 Å². The Morgan fingerprint density at radius 2 is 1.91 bits per heavy atom. The molecule has 1 fully saturated rings. The van der Waals surface area contributed by atoms with Crippen molar-refractivity contribution in [3.05, 3.63) is 29.3 Å². The zero-order valence-corrected chi connectivity index (χ0v) is 13.9. The minimum atomic E-state index is 0.0682. The van der Waals surface area contributed by atoms with Gasteiger partial charge < -0.3 is 14.4 Å². The van der Waals surface area contributed by atoms with Gasteiger partial charge in [-0.05, 0) is 37.8 Å². The number of carbonyl (C=O) groups excluding carboxylic acids is 1. The Morgan fingerprint density at radius 3 is 2.45 bits per heavy atom. The van der Waals surface area contributed by atoms with Crippen molar-refractivity contribution in [1.29, 1.82) is 0 Å². The lowest BCUT2D eigenvalue weighted by atomic mass is 9.98. The second kappa shape index (κ2) is 7.34. The molecule has 1 aliphatic rings. The fourth-order valence-corrected chi connectivity index (χ4v) is 2.81. The lowest BCUT2D eigenvalue weighted by Crippen LogP contribution is -2.37. The van der Waals surface area contributed by atoms with Crippen LogP contribution in [-0.2, 0) is 0 Å². The van der Waals surface area contributed by atoms with Crippen LogP contribution in [-0.4, -0.2) is 38.1 Å². The first-order chi connectivity index (χ1) is 10.6. The average Bonchev–Trinajstić information content (AvgIpc) is 2.54. The van der Waals surface area contributed by atoms with Crippen LogP contribution >= 0.6 is 0 Å². The van der Waals surface area contributed by atoms with Crippen LogP contribution in [0.3, 0.4) is 0 Å². The van der Waals surface area contributed by atoms with E-state index in [1.807, 2.05) is 30.0 Å². The molecule has 1 saturated heterocycles. The lowest BCUT2D eigenvalue weighted by molar-refractivity contribution is 0.0697. The number of amides is 1. The Kier molecular flexibility index (Phi) is 5.47. The maximum Gasteiger partial charge on any atom is 0.254 e. The molecule has 0 bridgehead atoms. The molecule has 22 heavy (non-hydrogen) atoms. The number of hydrogen-bond acceptors (Lipinski definition) is 3. The van der Waals surface area contributed by atoms with E-state index in [1.54, 1.807) is 20.3 Å². The highest BCUT2D eigenvalue weighted by Crippen LogP contribution is 2.34. The predicted octanol–water partition coefficient (Wildman–Crippen LogP) is 3.61. The number of rotatable bonds is 4. The zero-order valence-electron chi connectivity index (χ0n) is 13.9. The van der Waals surface area contributed by atoms with Crippen molar-refractivity contribution in [3.8, 4) is 11.5 Å². The van der Waals surface area contributed by atoms with Gasteiger partial charge in [0.2, 0.25) is 0 Å². The van der Waals surface area contributed by atoms with Crippen molar-refractivity contribution >= 4 is 12.0 Å². The number of piperidine rings is 1. The smallest absolute Gasteiger partial charge is 0.254 e. The molecule has 4 heteroatoms. The zero-order chi connectivity index (χ0) is 16.1. The highest BCUT2D eigenvalue weighted by atomic mass is 16.5. The van der Waals surface area contributed by atoms with Gasteiger partial charge in [0, 0.05) is 24.2 Å². The highest BCUT2D eigenvalue weighted by molar-refractivity contribution is 5.96. The van der Waals surface area contributed by atoms with Gasteiger partial charge in [-0.25, -0.2) is 0 Å². The molecule has 120 valence electrons. The number of methoxy groups -OCH3 is 2. The fraction of sp³-hybridized carbons (Fsp3) is 0.500. The van der Waals surface area contributed by atoms with E-state index < -0.39 is 0 Å². The Hall–Kier alpha value is -1.97. The molecule has 0 radical (unpaired) electrons. The van der Waals surface area contributed by atoms with Crippen LogP contribution in [0.25, 0.3) is 6.08 Å². The molecule has 0 N–H and O–H groups in total. The Bertz CT molecular complexity index is 558. The van der Waals surface area contributed by atoms with Gasteiger partial charge in [0.05, 0.1) is 14.2 Å². The van der Waals surface area contributed by atoms with Crippen LogP contribution in [0.2, 0.25) is 0 Å². The SMILES string of the molecule is C/C=C/c1cc(C(=O)N2CCC(C)CC2)cc(OC)c1OC. The average molecular weight is 303 g/mol. The number of carbonyl (C=O) groups is 1. The first-order valence-electron chi connectivity index (χ1n) is 7.78. The number of benzene rings is 1. The van der Waals surface area contributed by atoms with Gasteiger partial charge in [0.25, 0.3) is 5.91 Å². The quantitative estimate of drug-likeness (QED) is 0.853. The van der Waals surface area contributed by atoms with Crippen molar-refractivity contribution in [3.63, 3.8) is 0 Å². The molecule has 0 atom stereocenters. The molecule has 1 heterocycles. The van der Waals surface area contributed by atoms with Crippen LogP contribution in [0.5, 0.6) is 11.5 Å². The molecule has 0 spiro atoms. The van der Waals surface area contributed by atoms with E-state index in [1.165, 1.54) is 0 Å². The maximum atomic E-state index is 12.7. The maximum absolute atomic E-state index is 12.7. The third-order valence-corrected chi connectivity index (χ3v) is 4.17. The molecule has 0 aromatic heterocycles. The second-order valence-corrected chi connectivity index (χ2v) is 5.78. The standard InChI is InChI=1S/C18H25NO3/c1-5-6-14-11-15(12-16(21-3)17(14)22-4)18(20)19-9-7-13(2)8-10-19/h5-6,11-13H,7-10H2,1-4H3/b6-5+. The molecule has 0 aliphatic carbocycles. The summed E-state index contributed by atoms with van der Waals surface area (Å²) in [5.41, 5.74) is 1.51. The van der Waals surface area contributed by atoms with Crippen LogP contribution in [0.15, 0.2) is 18.2 Å². The molecular weight excluding hydrogens is 278 g/mol. The predicted molar refractivity (Wildman–Crippen MR) is 88.6 cm³/mol. The lowest BCUT2D eigenvalue weighted by Gasteiger charge is -2.30. The van der Waals surface area contributed by atoms with Gasteiger partial charge in [0.1, 0.15) is 0 Å². The van der Waals surface area contributed by atoms with Crippen LogP contribution in [0.1, 0.15) is 42.6 Å². The second-order valence-electron chi connectivity index (χ2n) is 5.78. The van der Waals surface area contributed by atoms with Crippen molar-refractivity contribution in [1.82, 2.24) is 4.90 Å². The van der Waals surface area contributed by atoms with E-state index in [2.05, 4.69) is 6.92 Å². The summed E-state index contributed by atoms with van der Waals surface area (Å²) in [4.78, 5) is 14.7. The normalized spacial score (nSPS) is 16.1. The summed E-state index contributed by atoms with van der Waals surface area (Å²) in [5.74, 6) is 2.02. The van der Waals surface area contributed by atoms with Gasteiger partial charge >= 0.3 is 0 Å². The molecule has 2 rings (SSSR count). The molecule has 0 unspecified atom stereocenters.